The summed E-state index contributed by atoms with van der Waals surface area (Å²) in [5.74, 6) is -0.637. The zero-order chi connectivity index (χ0) is 29.3. The van der Waals surface area contributed by atoms with Gasteiger partial charge in [0, 0.05) is 49.2 Å². The van der Waals surface area contributed by atoms with Crippen LogP contribution in [0.1, 0.15) is 62.6 Å². The summed E-state index contributed by atoms with van der Waals surface area (Å²) >= 11 is 0. The highest BCUT2D eigenvalue weighted by atomic mass is 19.4. The van der Waals surface area contributed by atoms with Crippen LogP contribution >= 0.6 is 0 Å². The van der Waals surface area contributed by atoms with Crippen molar-refractivity contribution in [3.05, 3.63) is 47.8 Å². The number of alkyl halides is 3. The van der Waals surface area contributed by atoms with E-state index in [4.69, 9.17) is 9.47 Å². The number of piperidine rings is 1. The Labute approximate surface area is 232 Å². The van der Waals surface area contributed by atoms with Gasteiger partial charge in [-0.15, -0.1) is 0 Å². The maximum atomic E-state index is 14.7. The Morgan fingerprint density at radius 1 is 1.05 bits per heavy atom. The number of esters is 1. The average molecular weight is 566 g/mol. The van der Waals surface area contributed by atoms with Crippen LogP contribution in [0, 0.1) is 0 Å². The molecule has 2 fully saturated rings. The minimum atomic E-state index is -4.51. The predicted molar refractivity (Wildman–Crippen MR) is 143 cm³/mol. The molecule has 1 amide bonds. The van der Waals surface area contributed by atoms with Crippen molar-refractivity contribution in [2.45, 2.75) is 63.9 Å². The van der Waals surface area contributed by atoms with Crippen molar-refractivity contribution in [1.29, 1.82) is 0 Å². The molecule has 0 spiro atoms. The van der Waals surface area contributed by atoms with Crippen molar-refractivity contribution in [3.63, 3.8) is 0 Å². The summed E-state index contributed by atoms with van der Waals surface area (Å²) in [4.78, 5) is 30.3. The Morgan fingerprint density at radius 3 is 2.27 bits per heavy atom. The highest BCUT2D eigenvalue weighted by Gasteiger charge is 2.50. The molecular formula is C28H38F3N5O4. The van der Waals surface area contributed by atoms with Gasteiger partial charge in [0.05, 0.1) is 13.2 Å². The third-order valence-electron chi connectivity index (χ3n) is 7.64. The van der Waals surface area contributed by atoms with Crippen LogP contribution in [-0.2, 0) is 9.47 Å². The molecule has 4 rings (SSSR count). The Hall–Kier alpha value is -3.12. The quantitative estimate of drug-likeness (QED) is 0.485. The monoisotopic (exact) mass is 565 g/mol. The van der Waals surface area contributed by atoms with E-state index in [0.29, 0.717) is 44.8 Å². The van der Waals surface area contributed by atoms with E-state index < -0.39 is 35.4 Å². The number of benzene rings is 1. The van der Waals surface area contributed by atoms with Crippen molar-refractivity contribution in [1.82, 2.24) is 19.6 Å². The van der Waals surface area contributed by atoms with Crippen molar-refractivity contribution >= 4 is 17.7 Å². The normalized spacial score (nSPS) is 19.0. The number of morpholine rings is 1. The molecule has 1 atom stereocenters. The fraction of sp³-hybridized carbons (Fsp3) is 0.607. The van der Waals surface area contributed by atoms with E-state index in [2.05, 4.69) is 5.10 Å². The number of nitrogens with zero attached hydrogens (tertiary/aromatic N) is 5. The van der Waals surface area contributed by atoms with E-state index in [9.17, 15) is 22.8 Å². The van der Waals surface area contributed by atoms with Crippen LogP contribution in [0.3, 0.4) is 0 Å². The number of hydrogen-bond donors (Lipinski definition) is 0. The largest absolute Gasteiger partial charge is 0.455 e. The number of carbonyl (C=O) groups excluding carboxylic acids is 2. The fourth-order valence-corrected chi connectivity index (χ4v) is 5.27. The van der Waals surface area contributed by atoms with Crippen LogP contribution in [0.15, 0.2) is 36.5 Å². The maximum absolute atomic E-state index is 14.7. The van der Waals surface area contributed by atoms with Crippen molar-refractivity contribution in [2.24, 2.45) is 0 Å². The molecule has 2 aliphatic heterocycles. The van der Waals surface area contributed by atoms with Gasteiger partial charge in [0.25, 0.3) is 0 Å². The van der Waals surface area contributed by atoms with Gasteiger partial charge in [-0.25, -0.2) is 9.59 Å². The highest BCUT2D eigenvalue weighted by molar-refractivity contribution is 5.88. The minimum absolute atomic E-state index is 0.0109. The molecule has 0 bridgehead atoms. The predicted octanol–water partition coefficient (Wildman–Crippen LogP) is 4.73. The summed E-state index contributed by atoms with van der Waals surface area (Å²) < 4.78 is 56.0. The summed E-state index contributed by atoms with van der Waals surface area (Å²) in [6.45, 7) is 9.52. The molecular weight excluding hydrogens is 527 g/mol. The Kier molecular flexibility index (Phi) is 8.51. The summed E-state index contributed by atoms with van der Waals surface area (Å²) in [6.07, 6.45) is -2.45. The van der Waals surface area contributed by atoms with Crippen LogP contribution in [0.4, 0.5) is 23.7 Å². The first-order valence-corrected chi connectivity index (χ1v) is 13.5. The molecule has 220 valence electrons. The van der Waals surface area contributed by atoms with Gasteiger partial charge in [-0.05, 0) is 59.7 Å². The molecule has 1 unspecified atom stereocenters. The zero-order valence-corrected chi connectivity index (χ0v) is 23.7. The second kappa shape index (κ2) is 11.4. The van der Waals surface area contributed by atoms with E-state index in [1.54, 1.807) is 49.9 Å². The summed E-state index contributed by atoms with van der Waals surface area (Å²) in [5, 5.41) is 4.07. The molecule has 2 saturated heterocycles. The van der Waals surface area contributed by atoms with E-state index >= 15 is 0 Å². The maximum Gasteiger partial charge on any atom is 0.408 e. The van der Waals surface area contributed by atoms with Crippen LogP contribution in [-0.4, -0.2) is 95.3 Å². The fourth-order valence-electron chi connectivity index (χ4n) is 5.27. The number of carbonyl (C=O) groups is 2. The molecule has 2 aliphatic rings. The number of aromatic nitrogens is 2. The number of para-hydroxylation sites is 1. The summed E-state index contributed by atoms with van der Waals surface area (Å²) in [6, 6.07) is 5.86. The zero-order valence-electron chi connectivity index (χ0n) is 23.7. The number of hydrogen-bond acceptors (Lipinski definition) is 7. The second-order valence-corrected chi connectivity index (χ2v) is 11.6. The molecule has 9 nitrogen and oxygen atoms in total. The first kappa shape index (κ1) is 29.9. The van der Waals surface area contributed by atoms with Gasteiger partial charge < -0.3 is 19.3 Å². The lowest BCUT2D eigenvalue weighted by Crippen LogP contribution is -2.56. The number of anilines is 1. The molecule has 3 heterocycles. The van der Waals surface area contributed by atoms with Crippen molar-refractivity contribution in [3.8, 4) is 0 Å². The topological polar surface area (TPSA) is 80.1 Å². The third-order valence-corrected chi connectivity index (χ3v) is 7.64. The highest BCUT2D eigenvalue weighted by Crippen LogP contribution is 2.45. The van der Waals surface area contributed by atoms with Gasteiger partial charge in [-0.2, -0.15) is 23.0 Å². The molecule has 40 heavy (non-hydrogen) atoms. The van der Waals surface area contributed by atoms with Crippen LogP contribution in [0.2, 0.25) is 0 Å². The molecule has 12 heteroatoms. The lowest BCUT2D eigenvalue weighted by atomic mass is 9.85. The van der Waals surface area contributed by atoms with Crippen molar-refractivity contribution in [2.75, 3.05) is 51.3 Å². The van der Waals surface area contributed by atoms with Gasteiger partial charge in [0.15, 0.2) is 5.69 Å². The minimum Gasteiger partial charge on any atom is -0.455 e. The van der Waals surface area contributed by atoms with Crippen molar-refractivity contribution < 1.29 is 32.2 Å². The summed E-state index contributed by atoms with van der Waals surface area (Å²) in [7, 11) is 1.52. The molecule has 0 saturated carbocycles. The van der Waals surface area contributed by atoms with Gasteiger partial charge in [0.2, 0.25) is 0 Å². The molecule has 1 aromatic heterocycles. The van der Waals surface area contributed by atoms with Gasteiger partial charge in [0.1, 0.15) is 11.6 Å². The Bertz CT molecular complexity index is 1200. The van der Waals surface area contributed by atoms with Crippen LogP contribution in [0.25, 0.3) is 0 Å². The molecule has 1 aromatic carbocycles. The number of halogens is 3. The third kappa shape index (κ3) is 6.60. The second-order valence-electron chi connectivity index (χ2n) is 11.6. The molecule has 0 N–H and O–H groups in total. The van der Waals surface area contributed by atoms with Gasteiger partial charge in [-0.1, -0.05) is 18.2 Å². The number of likely N-dealkylation sites (tertiary alicyclic amines) is 1. The smallest absolute Gasteiger partial charge is 0.408 e. The summed E-state index contributed by atoms with van der Waals surface area (Å²) in [5.41, 5.74) is -0.732. The SMILES string of the molecule is CN(C(c1ccccc1N1CCOCC1)C(F)(F)F)C1(C)CCN(C(=O)n2ccc(C(=O)OC(C)(C)C)n2)CC1. The number of rotatable bonds is 5. The molecule has 0 aliphatic carbocycles. The number of amides is 1. The van der Waals surface area contributed by atoms with E-state index in [1.165, 1.54) is 24.2 Å². The van der Waals surface area contributed by atoms with E-state index in [1.807, 2.05) is 11.8 Å². The number of ether oxygens (including phenoxy) is 2. The molecule has 2 aromatic rings. The van der Waals surface area contributed by atoms with Crippen LogP contribution in [0.5, 0.6) is 0 Å². The van der Waals surface area contributed by atoms with E-state index in [0.717, 1.165) is 4.68 Å². The average Bonchev–Trinajstić information content (AvgIpc) is 3.39. The Balaban J connectivity index is 1.49. The first-order valence-electron chi connectivity index (χ1n) is 13.5. The van der Waals surface area contributed by atoms with Gasteiger partial charge in [-0.3, -0.25) is 4.90 Å². The van der Waals surface area contributed by atoms with E-state index in [-0.39, 0.29) is 24.3 Å². The van der Waals surface area contributed by atoms with Gasteiger partial charge >= 0.3 is 18.2 Å². The lowest BCUT2D eigenvalue weighted by molar-refractivity contribution is -0.199. The molecule has 0 radical (unpaired) electrons. The Morgan fingerprint density at radius 2 is 1.68 bits per heavy atom. The lowest BCUT2D eigenvalue weighted by Gasteiger charge is -2.49. The first-order chi connectivity index (χ1) is 18.7. The van der Waals surface area contributed by atoms with Crippen LogP contribution < -0.4 is 4.90 Å². The standard InChI is InChI=1S/C28H38F3N5O4/c1-26(2,3)40-24(37)21-10-13-36(32-21)25(38)35-14-11-27(4,12-15-35)33(5)23(28(29,30)31)20-8-6-7-9-22(20)34-16-18-39-19-17-34/h6-10,13,23H,11-12,14-19H2,1-5H3.